The highest BCUT2D eigenvalue weighted by Gasteiger charge is 2.33. The van der Waals surface area contributed by atoms with Crippen molar-refractivity contribution in [2.75, 3.05) is 18.9 Å². The van der Waals surface area contributed by atoms with E-state index in [1.807, 2.05) is 0 Å². The lowest BCUT2D eigenvalue weighted by Gasteiger charge is -2.33. The molecule has 1 aliphatic heterocycles. The number of nitrogens with one attached hydrogen (secondary N) is 1. The SMILES string of the molecule is Cc1c(N)cc(S(=O)(=O)NC2(C)CCCOC2)cc1F. The van der Waals surface area contributed by atoms with Crippen LogP contribution in [0.4, 0.5) is 10.1 Å². The van der Waals surface area contributed by atoms with E-state index >= 15 is 0 Å². The monoisotopic (exact) mass is 302 g/mol. The van der Waals surface area contributed by atoms with E-state index in [2.05, 4.69) is 4.72 Å². The normalized spacial score (nSPS) is 23.8. The molecule has 0 saturated carbocycles. The molecule has 1 saturated heterocycles. The molecule has 1 aliphatic rings. The first kappa shape index (κ1) is 15.2. The molecule has 7 heteroatoms. The second kappa shape index (κ2) is 5.31. The molecule has 0 bridgehead atoms. The van der Waals surface area contributed by atoms with E-state index in [0.29, 0.717) is 19.6 Å². The van der Waals surface area contributed by atoms with Gasteiger partial charge in [-0.15, -0.1) is 0 Å². The average Bonchev–Trinajstić information content (AvgIpc) is 2.35. The Morgan fingerprint density at radius 2 is 2.15 bits per heavy atom. The van der Waals surface area contributed by atoms with Crippen LogP contribution >= 0.6 is 0 Å². The molecule has 3 N–H and O–H groups in total. The number of anilines is 1. The van der Waals surface area contributed by atoms with Crippen molar-refractivity contribution >= 4 is 15.7 Å². The van der Waals surface area contributed by atoms with Crippen LogP contribution in [0.3, 0.4) is 0 Å². The maximum absolute atomic E-state index is 13.6. The topological polar surface area (TPSA) is 81.4 Å². The molecule has 20 heavy (non-hydrogen) atoms. The van der Waals surface area contributed by atoms with Crippen molar-refractivity contribution in [3.8, 4) is 0 Å². The fourth-order valence-electron chi connectivity index (χ4n) is 2.23. The summed E-state index contributed by atoms with van der Waals surface area (Å²) in [5.41, 5.74) is 5.32. The molecule has 1 fully saturated rings. The van der Waals surface area contributed by atoms with Crippen molar-refractivity contribution in [1.82, 2.24) is 4.72 Å². The predicted octanol–water partition coefficient (Wildman–Crippen LogP) is 1.56. The molecule has 1 aromatic carbocycles. The van der Waals surface area contributed by atoms with Crippen LogP contribution in [0.25, 0.3) is 0 Å². The quantitative estimate of drug-likeness (QED) is 0.830. The van der Waals surface area contributed by atoms with Crippen LogP contribution in [0.1, 0.15) is 25.3 Å². The van der Waals surface area contributed by atoms with Crippen molar-refractivity contribution in [2.45, 2.75) is 37.1 Å². The van der Waals surface area contributed by atoms with E-state index < -0.39 is 21.4 Å². The molecule has 1 unspecified atom stereocenters. The van der Waals surface area contributed by atoms with Gasteiger partial charge in [0, 0.05) is 17.9 Å². The molecular weight excluding hydrogens is 283 g/mol. The number of hydrogen-bond acceptors (Lipinski definition) is 4. The molecule has 0 spiro atoms. The second-order valence-electron chi connectivity index (χ2n) is 5.44. The third kappa shape index (κ3) is 3.11. The number of benzene rings is 1. The van der Waals surface area contributed by atoms with Crippen LogP contribution < -0.4 is 10.5 Å². The summed E-state index contributed by atoms with van der Waals surface area (Å²) in [7, 11) is -3.83. The van der Waals surface area contributed by atoms with Gasteiger partial charge < -0.3 is 10.5 Å². The van der Waals surface area contributed by atoms with Gasteiger partial charge in [0.15, 0.2) is 0 Å². The smallest absolute Gasteiger partial charge is 0.241 e. The second-order valence-corrected chi connectivity index (χ2v) is 7.12. The average molecular weight is 302 g/mol. The van der Waals surface area contributed by atoms with E-state index in [0.717, 1.165) is 12.5 Å². The van der Waals surface area contributed by atoms with E-state index in [9.17, 15) is 12.8 Å². The standard InChI is InChI=1S/C13H19FN2O3S/c1-9-11(14)6-10(7-12(9)15)20(17,18)16-13(2)4-3-5-19-8-13/h6-7,16H,3-5,8,15H2,1-2H3. The van der Waals surface area contributed by atoms with Crippen molar-refractivity contribution < 1.29 is 17.5 Å². The molecule has 5 nitrogen and oxygen atoms in total. The fraction of sp³-hybridized carbons (Fsp3) is 0.538. The van der Waals surface area contributed by atoms with Gasteiger partial charge in [0.1, 0.15) is 5.82 Å². The Labute approximate surface area is 118 Å². The van der Waals surface area contributed by atoms with Gasteiger partial charge in [-0.25, -0.2) is 17.5 Å². The van der Waals surface area contributed by atoms with Gasteiger partial charge in [-0.3, -0.25) is 0 Å². The first-order valence-corrected chi connectivity index (χ1v) is 7.89. The summed E-state index contributed by atoms with van der Waals surface area (Å²) in [6.07, 6.45) is 1.46. The molecule has 0 amide bonds. The van der Waals surface area contributed by atoms with Crippen LogP contribution in [0.5, 0.6) is 0 Å². The lowest BCUT2D eigenvalue weighted by Crippen LogP contribution is -2.51. The minimum absolute atomic E-state index is 0.121. The first-order valence-electron chi connectivity index (χ1n) is 6.41. The summed E-state index contributed by atoms with van der Waals surface area (Å²) in [6.45, 7) is 4.21. The number of hydrogen-bond donors (Lipinski definition) is 2. The van der Waals surface area contributed by atoms with E-state index in [1.54, 1.807) is 6.92 Å². The van der Waals surface area contributed by atoms with Crippen molar-refractivity contribution in [1.29, 1.82) is 0 Å². The Morgan fingerprint density at radius 3 is 2.70 bits per heavy atom. The Hall–Kier alpha value is -1.18. The minimum Gasteiger partial charge on any atom is -0.398 e. The molecule has 0 aromatic heterocycles. The van der Waals surface area contributed by atoms with Gasteiger partial charge >= 0.3 is 0 Å². The molecule has 0 radical (unpaired) electrons. The van der Waals surface area contributed by atoms with E-state index in [4.69, 9.17) is 10.5 Å². The Kier molecular flexibility index (Phi) is 4.04. The highest BCUT2D eigenvalue weighted by atomic mass is 32.2. The fourth-order valence-corrected chi connectivity index (χ4v) is 3.70. The van der Waals surface area contributed by atoms with Crippen LogP contribution in [-0.2, 0) is 14.8 Å². The lowest BCUT2D eigenvalue weighted by atomic mass is 9.97. The van der Waals surface area contributed by atoms with Crippen LogP contribution in [0, 0.1) is 12.7 Å². The highest BCUT2D eigenvalue weighted by molar-refractivity contribution is 7.89. The molecule has 0 aliphatic carbocycles. The number of rotatable bonds is 3. The summed E-state index contributed by atoms with van der Waals surface area (Å²) in [5.74, 6) is -0.629. The summed E-state index contributed by atoms with van der Waals surface area (Å²) in [4.78, 5) is -0.162. The number of sulfonamides is 1. The zero-order chi connectivity index (χ0) is 15.0. The van der Waals surface area contributed by atoms with E-state index in [-0.39, 0.29) is 16.1 Å². The predicted molar refractivity (Wildman–Crippen MR) is 74.3 cm³/mol. The number of halogens is 1. The summed E-state index contributed by atoms with van der Waals surface area (Å²) in [5, 5.41) is 0. The van der Waals surface area contributed by atoms with Crippen LogP contribution in [0.15, 0.2) is 17.0 Å². The largest absolute Gasteiger partial charge is 0.398 e. The number of ether oxygens (including phenoxy) is 1. The maximum atomic E-state index is 13.6. The zero-order valence-electron chi connectivity index (χ0n) is 11.6. The summed E-state index contributed by atoms with van der Waals surface area (Å²) < 4.78 is 46.2. The Bertz CT molecular complexity index is 587. The third-order valence-corrected chi connectivity index (χ3v) is 5.10. The van der Waals surface area contributed by atoms with Crippen molar-refractivity contribution in [3.05, 3.63) is 23.5 Å². The maximum Gasteiger partial charge on any atom is 0.241 e. The van der Waals surface area contributed by atoms with Crippen molar-refractivity contribution in [2.24, 2.45) is 0 Å². The molecule has 2 rings (SSSR count). The Morgan fingerprint density at radius 1 is 1.45 bits per heavy atom. The van der Waals surface area contributed by atoms with Gasteiger partial charge in [0.25, 0.3) is 0 Å². The van der Waals surface area contributed by atoms with Crippen molar-refractivity contribution in [3.63, 3.8) is 0 Å². The van der Waals surface area contributed by atoms with Gasteiger partial charge in [0.2, 0.25) is 10.0 Å². The summed E-state index contributed by atoms with van der Waals surface area (Å²) in [6, 6.07) is 2.26. The van der Waals surface area contributed by atoms with Crippen LogP contribution in [-0.4, -0.2) is 27.2 Å². The Balaban J connectivity index is 2.31. The zero-order valence-corrected chi connectivity index (χ0v) is 12.4. The molecule has 1 atom stereocenters. The lowest BCUT2D eigenvalue weighted by molar-refractivity contribution is 0.0386. The number of nitrogen functional groups attached to an aromatic ring is 1. The van der Waals surface area contributed by atoms with E-state index in [1.165, 1.54) is 13.0 Å². The van der Waals surface area contributed by atoms with Crippen LogP contribution in [0.2, 0.25) is 0 Å². The highest BCUT2D eigenvalue weighted by Crippen LogP contribution is 2.25. The summed E-state index contributed by atoms with van der Waals surface area (Å²) >= 11 is 0. The first-order chi connectivity index (χ1) is 9.23. The molecular formula is C13H19FN2O3S. The molecule has 1 aromatic rings. The number of nitrogens with two attached hydrogens (primary N) is 1. The molecule has 112 valence electrons. The third-order valence-electron chi connectivity index (χ3n) is 3.49. The van der Waals surface area contributed by atoms with Gasteiger partial charge in [-0.2, -0.15) is 0 Å². The molecule has 1 heterocycles. The van der Waals surface area contributed by atoms with Gasteiger partial charge in [0.05, 0.1) is 17.0 Å². The van der Waals surface area contributed by atoms with Gasteiger partial charge in [-0.05, 0) is 38.8 Å². The van der Waals surface area contributed by atoms with Gasteiger partial charge in [-0.1, -0.05) is 0 Å². The minimum atomic E-state index is -3.83.